The van der Waals surface area contributed by atoms with Gasteiger partial charge in [0, 0.05) is 17.7 Å². The van der Waals surface area contributed by atoms with E-state index in [0.29, 0.717) is 17.1 Å². The largest absolute Gasteiger partial charge is 0.497 e. The van der Waals surface area contributed by atoms with Crippen molar-refractivity contribution in [1.29, 1.82) is 0 Å². The number of alkyl halides is 2. The van der Waals surface area contributed by atoms with Gasteiger partial charge in [0.15, 0.2) is 6.10 Å². The smallest absolute Gasteiger partial charge is 0.309 e. The number of hydrogen-bond donors (Lipinski definition) is 0. The van der Waals surface area contributed by atoms with Crippen LogP contribution < -0.4 is 9.47 Å². The molecular formula is C12H12F2O3. The lowest BCUT2D eigenvalue weighted by Crippen LogP contribution is -2.21. The van der Waals surface area contributed by atoms with Crippen LogP contribution in [0.3, 0.4) is 0 Å². The van der Waals surface area contributed by atoms with Crippen LogP contribution in [0.2, 0.25) is 0 Å². The molecule has 1 heterocycles. The van der Waals surface area contributed by atoms with Crippen molar-refractivity contribution in [3.05, 3.63) is 36.1 Å². The van der Waals surface area contributed by atoms with Gasteiger partial charge in [0.05, 0.1) is 20.5 Å². The third kappa shape index (κ3) is 2.05. The SMILES string of the molecule is COc1ccc(C2OC=CC2(F)F)c(OC)c1. The molecule has 0 saturated heterocycles. The van der Waals surface area contributed by atoms with Crippen molar-refractivity contribution < 1.29 is 23.0 Å². The summed E-state index contributed by atoms with van der Waals surface area (Å²) in [6.45, 7) is 0. The van der Waals surface area contributed by atoms with E-state index in [0.717, 1.165) is 12.3 Å². The van der Waals surface area contributed by atoms with Crippen molar-refractivity contribution in [2.24, 2.45) is 0 Å². The third-order valence-electron chi connectivity index (χ3n) is 2.58. The summed E-state index contributed by atoms with van der Waals surface area (Å²) in [4.78, 5) is 0. The van der Waals surface area contributed by atoms with E-state index in [-0.39, 0.29) is 0 Å². The normalized spacial score (nSPS) is 21.1. The van der Waals surface area contributed by atoms with E-state index in [9.17, 15) is 8.78 Å². The van der Waals surface area contributed by atoms with Gasteiger partial charge in [-0.05, 0) is 12.1 Å². The molecule has 1 aromatic rings. The molecule has 0 radical (unpaired) electrons. The number of methoxy groups -OCH3 is 2. The maximum absolute atomic E-state index is 13.5. The molecule has 0 spiro atoms. The van der Waals surface area contributed by atoms with Crippen LogP contribution in [0, 0.1) is 0 Å². The topological polar surface area (TPSA) is 27.7 Å². The number of benzene rings is 1. The lowest BCUT2D eigenvalue weighted by atomic mass is 10.0. The van der Waals surface area contributed by atoms with E-state index in [1.54, 1.807) is 12.1 Å². The lowest BCUT2D eigenvalue weighted by molar-refractivity contribution is -0.0526. The minimum atomic E-state index is -3.03. The van der Waals surface area contributed by atoms with Crippen LogP contribution in [-0.2, 0) is 4.74 Å². The highest BCUT2D eigenvalue weighted by atomic mass is 19.3. The van der Waals surface area contributed by atoms with Gasteiger partial charge >= 0.3 is 5.92 Å². The molecule has 1 unspecified atom stereocenters. The first-order valence-corrected chi connectivity index (χ1v) is 5.01. The average molecular weight is 242 g/mol. The highest BCUT2D eigenvalue weighted by molar-refractivity contribution is 5.43. The first-order valence-electron chi connectivity index (χ1n) is 5.01. The molecule has 0 fully saturated rings. The molecule has 0 N–H and O–H groups in total. The number of hydrogen-bond acceptors (Lipinski definition) is 3. The molecule has 0 aromatic heterocycles. The fourth-order valence-electron chi connectivity index (χ4n) is 1.70. The summed E-state index contributed by atoms with van der Waals surface area (Å²) in [5, 5.41) is 0. The quantitative estimate of drug-likeness (QED) is 0.815. The Morgan fingerprint density at radius 2 is 2.00 bits per heavy atom. The molecular weight excluding hydrogens is 230 g/mol. The highest BCUT2D eigenvalue weighted by Gasteiger charge is 2.44. The van der Waals surface area contributed by atoms with E-state index in [1.807, 2.05) is 0 Å². The molecule has 0 amide bonds. The van der Waals surface area contributed by atoms with Gasteiger partial charge in [-0.25, -0.2) is 0 Å². The highest BCUT2D eigenvalue weighted by Crippen LogP contribution is 2.44. The van der Waals surface area contributed by atoms with Crippen molar-refractivity contribution in [3.8, 4) is 11.5 Å². The van der Waals surface area contributed by atoms with Gasteiger partial charge < -0.3 is 14.2 Å². The average Bonchev–Trinajstić information content (AvgIpc) is 2.68. The Morgan fingerprint density at radius 3 is 2.53 bits per heavy atom. The Bertz CT molecular complexity index is 443. The minimum absolute atomic E-state index is 0.295. The summed E-state index contributed by atoms with van der Waals surface area (Å²) in [6, 6.07) is 4.66. The summed E-state index contributed by atoms with van der Waals surface area (Å²) in [5.74, 6) is -2.17. The van der Waals surface area contributed by atoms with Gasteiger partial charge in [-0.1, -0.05) is 0 Å². The van der Waals surface area contributed by atoms with Crippen LogP contribution in [0.5, 0.6) is 11.5 Å². The molecule has 3 nitrogen and oxygen atoms in total. The fourth-order valence-corrected chi connectivity index (χ4v) is 1.70. The standard InChI is InChI=1S/C12H12F2O3/c1-15-8-3-4-9(10(7-8)16-2)11-12(13,14)5-6-17-11/h3-7,11H,1-2H3. The van der Waals surface area contributed by atoms with Gasteiger partial charge in [-0.2, -0.15) is 8.78 Å². The number of halogens is 2. The molecule has 0 bridgehead atoms. The van der Waals surface area contributed by atoms with Gasteiger partial charge in [-0.3, -0.25) is 0 Å². The summed E-state index contributed by atoms with van der Waals surface area (Å²) in [5.41, 5.74) is 0.295. The molecule has 5 heteroatoms. The first-order chi connectivity index (χ1) is 8.08. The van der Waals surface area contributed by atoms with Crippen molar-refractivity contribution in [2.45, 2.75) is 12.0 Å². The summed E-state index contributed by atoms with van der Waals surface area (Å²) in [6.07, 6.45) is 0.402. The summed E-state index contributed by atoms with van der Waals surface area (Å²) >= 11 is 0. The molecule has 1 aliphatic heterocycles. The van der Waals surface area contributed by atoms with Crippen molar-refractivity contribution in [1.82, 2.24) is 0 Å². The zero-order chi connectivity index (χ0) is 12.5. The summed E-state index contributed by atoms with van der Waals surface area (Å²) < 4.78 is 42.0. The molecule has 1 aromatic carbocycles. The first kappa shape index (κ1) is 11.7. The maximum atomic E-state index is 13.5. The van der Waals surface area contributed by atoms with Crippen LogP contribution in [-0.4, -0.2) is 20.1 Å². The van der Waals surface area contributed by atoms with E-state index < -0.39 is 12.0 Å². The van der Waals surface area contributed by atoms with Crippen LogP contribution in [0.25, 0.3) is 0 Å². The van der Waals surface area contributed by atoms with Gasteiger partial charge in [0.25, 0.3) is 0 Å². The second kappa shape index (κ2) is 4.24. The molecule has 2 rings (SSSR count). The molecule has 1 aliphatic rings. The van der Waals surface area contributed by atoms with Crippen LogP contribution in [0.1, 0.15) is 11.7 Å². The monoisotopic (exact) mass is 242 g/mol. The molecule has 0 saturated carbocycles. The predicted octanol–water partition coefficient (Wildman–Crippen LogP) is 2.92. The van der Waals surface area contributed by atoms with Crippen molar-refractivity contribution in [2.75, 3.05) is 14.2 Å². The van der Waals surface area contributed by atoms with Crippen LogP contribution in [0.4, 0.5) is 8.78 Å². The van der Waals surface area contributed by atoms with Crippen LogP contribution >= 0.6 is 0 Å². The number of rotatable bonds is 3. The molecule has 92 valence electrons. The Balaban J connectivity index is 2.39. The van der Waals surface area contributed by atoms with E-state index in [2.05, 4.69) is 0 Å². The number of ether oxygens (including phenoxy) is 3. The Hall–Kier alpha value is -1.78. The zero-order valence-electron chi connectivity index (χ0n) is 9.44. The minimum Gasteiger partial charge on any atom is -0.497 e. The molecule has 17 heavy (non-hydrogen) atoms. The van der Waals surface area contributed by atoms with E-state index >= 15 is 0 Å². The van der Waals surface area contributed by atoms with Crippen molar-refractivity contribution >= 4 is 0 Å². The second-order valence-electron chi connectivity index (χ2n) is 3.60. The van der Waals surface area contributed by atoms with E-state index in [1.165, 1.54) is 20.3 Å². The Labute approximate surface area is 97.6 Å². The zero-order valence-corrected chi connectivity index (χ0v) is 9.44. The third-order valence-corrected chi connectivity index (χ3v) is 2.58. The Morgan fingerprint density at radius 1 is 1.24 bits per heavy atom. The molecule has 0 aliphatic carbocycles. The second-order valence-corrected chi connectivity index (χ2v) is 3.60. The maximum Gasteiger partial charge on any atom is 0.309 e. The predicted molar refractivity (Wildman–Crippen MR) is 57.5 cm³/mol. The molecule has 1 atom stereocenters. The fraction of sp³-hybridized carbons (Fsp3) is 0.333. The Kier molecular flexibility index (Phi) is 2.92. The van der Waals surface area contributed by atoms with Crippen molar-refractivity contribution in [3.63, 3.8) is 0 Å². The lowest BCUT2D eigenvalue weighted by Gasteiger charge is -2.20. The van der Waals surface area contributed by atoms with Gasteiger partial charge in [0.1, 0.15) is 11.5 Å². The van der Waals surface area contributed by atoms with Crippen LogP contribution in [0.15, 0.2) is 30.5 Å². The van der Waals surface area contributed by atoms with Gasteiger partial charge in [0.2, 0.25) is 0 Å². The van der Waals surface area contributed by atoms with Gasteiger partial charge in [-0.15, -0.1) is 0 Å². The van der Waals surface area contributed by atoms with E-state index in [4.69, 9.17) is 14.2 Å². The summed E-state index contributed by atoms with van der Waals surface area (Å²) in [7, 11) is 2.91.